The minimum Gasteiger partial charge on any atom is -0.352 e. The second kappa shape index (κ2) is 10.7. The van der Waals surface area contributed by atoms with Gasteiger partial charge in [0.05, 0.1) is 0 Å². The molecule has 160 valence electrons. The van der Waals surface area contributed by atoms with E-state index in [1.807, 2.05) is 35.2 Å². The van der Waals surface area contributed by atoms with Crippen LogP contribution in [0.5, 0.6) is 0 Å². The molecule has 1 fully saturated rings. The Morgan fingerprint density at radius 1 is 0.967 bits per heavy atom. The molecule has 0 radical (unpaired) electrons. The van der Waals surface area contributed by atoms with Crippen molar-refractivity contribution >= 4 is 11.9 Å². The zero-order chi connectivity index (χ0) is 21.3. The molecule has 2 aromatic carbocycles. The minimum absolute atomic E-state index is 0.0775. The Hall–Kier alpha value is -2.96. The maximum atomic E-state index is 13.2. The molecular weight excluding hydrogens is 388 g/mol. The van der Waals surface area contributed by atoms with Crippen LogP contribution in [0.15, 0.2) is 48.5 Å². The van der Waals surface area contributed by atoms with E-state index >= 15 is 0 Å². The van der Waals surface area contributed by atoms with Crippen molar-refractivity contribution in [2.75, 3.05) is 13.1 Å². The van der Waals surface area contributed by atoms with Gasteiger partial charge in [-0.15, -0.1) is 0 Å². The van der Waals surface area contributed by atoms with Gasteiger partial charge in [0.25, 0.3) is 0 Å². The van der Waals surface area contributed by atoms with Gasteiger partial charge < -0.3 is 15.5 Å². The second-order valence-electron chi connectivity index (χ2n) is 7.66. The van der Waals surface area contributed by atoms with Crippen LogP contribution in [0.3, 0.4) is 0 Å². The fourth-order valence-electron chi connectivity index (χ4n) is 3.64. The van der Waals surface area contributed by atoms with Crippen LogP contribution in [0.4, 0.5) is 13.6 Å². The largest absolute Gasteiger partial charge is 0.352 e. The number of nitrogens with one attached hydrogen (secondary N) is 2. The van der Waals surface area contributed by atoms with Crippen molar-refractivity contribution in [2.24, 2.45) is 5.92 Å². The molecule has 1 unspecified atom stereocenters. The van der Waals surface area contributed by atoms with Crippen molar-refractivity contribution in [3.05, 3.63) is 71.3 Å². The van der Waals surface area contributed by atoms with Gasteiger partial charge in [-0.05, 0) is 48.4 Å². The van der Waals surface area contributed by atoms with Gasteiger partial charge in [0.2, 0.25) is 5.91 Å². The predicted molar refractivity (Wildman–Crippen MR) is 110 cm³/mol. The van der Waals surface area contributed by atoms with E-state index in [9.17, 15) is 18.4 Å². The summed E-state index contributed by atoms with van der Waals surface area (Å²) in [5.41, 5.74) is 1.57. The number of carbonyl (C=O) groups is 2. The fourth-order valence-corrected chi connectivity index (χ4v) is 3.64. The number of likely N-dealkylation sites (tertiary alicyclic amines) is 1. The monoisotopic (exact) mass is 415 g/mol. The third-order valence-electron chi connectivity index (χ3n) is 5.35. The number of piperidine rings is 1. The van der Waals surface area contributed by atoms with Crippen LogP contribution in [-0.2, 0) is 17.9 Å². The van der Waals surface area contributed by atoms with Crippen molar-refractivity contribution in [1.82, 2.24) is 15.5 Å². The van der Waals surface area contributed by atoms with Crippen LogP contribution in [0.1, 0.15) is 36.8 Å². The van der Waals surface area contributed by atoms with E-state index in [0.29, 0.717) is 31.5 Å². The fraction of sp³-hybridized carbons (Fsp3) is 0.391. The molecule has 2 N–H and O–H groups in total. The molecule has 5 nitrogen and oxygen atoms in total. The summed E-state index contributed by atoms with van der Waals surface area (Å²) in [6, 6.07) is 13.3. The van der Waals surface area contributed by atoms with Gasteiger partial charge in [-0.3, -0.25) is 4.79 Å². The summed E-state index contributed by atoms with van der Waals surface area (Å²) in [5, 5.41) is 5.69. The molecule has 1 saturated heterocycles. The van der Waals surface area contributed by atoms with Crippen molar-refractivity contribution in [3.8, 4) is 0 Å². The number of carbonyl (C=O) groups excluding carboxylic acids is 2. The Balaban J connectivity index is 1.38. The summed E-state index contributed by atoms with van der Waals surface area (Å²) < 4.78 is 26.2. The Morgan fingerprint density at radius 2 is 1.73 bits per heavy atom. The third kappa shape index (κ3) is 6.54. The number of halogens is 2. The first-order valence-electron chi connectivity index (χ1n) is 10.3. The van der Waals surface area contributed by atoms with Gasteiger partial charge in [-0.2, -0.15) is 0 Å². The van der Waals surface area contributed by atoms with Crippen LogP contribution in [0.25, 0.3) is 0 Å². The van der Waals surface area contributed by atoms with Gasteiger partial charge in [-0.25, -0.2) is 13.6 Å². The Morgan fingerprint density at radius 3 is 2.50 bits per heavy atom. The number of amides is 3. The Bertz CT molecular complexity index is 861. The SMILES string of the molecule is O=C(CCC1CCCN(C(=O)NCc2ccccc2)C1)NCc1ccc(F)c(F)c1. The number of nitrogens with zero attached hydrogens (tertiary/aromatic N) is 1. The maximum absolute atomic E-state index is 13.2. The predicted octanol–water partition coefficient (Wildman–Crippen LogP) is 3.98. The lowest BCUT2D eigenvalue weighted by Gasteiger charge is -2.32. The lowest BCUT2D eigenvalue weighted by molar-refractivity contribution is -0.121. The zero-order valence-corrected chi connectivity index (χ0v) is 16.9. The molecule has 3 rings (SSSR count). The van der Waals surface area contributed by atoms with Crippen LogP contribution in [0, 0.1) is 17.6 Å². The third-order valence-corrected chi connectivity index (χ3v) is 5.35. The molecule has 0 bridgehead atoms. The number of hydrogen-bond acceptors (Lipinski definition) is 2. The summed E-state index contributed by atoms with van der Waals surface area (Å²) in [5.74, 6) is -1.69. The normalized spacial score (nSPS) is 16.2. The molecule has 0 saturated carbocycles. The molecule has 1 atom stereocenters. The number of benzene rings is 2. The van der Waals surface area contributed by atoms with Crippen LogP contribution < -0.4 is 10.6 Å². The highest BCUT2D eigenvalue weighted by Gasteiger charge is 2.24. The van der Waals surface area contributed by atoms with Gasteiger partial charge in [-0.1, -0.05) is 36.4 Å². The summed E-state index contributed by atoms with van der Waals surface area (Å²) in [6.45, 7) is 2.01. The van der Waals surface area contributed by atoms with E-state index in [1.165, 1.54) is 6.07 Å². The average molecular weight is 415 g/mol. The van der Waals surface area contributed by atoms with E-state index in [0.717, 1.165) is 37.1 Å². The van der Waals surface area contributed by atoms with Gasteiger partial charge in [0.1, 0.15) is 0 Å². The van der Waals surface area contributed by atoms with E-state index in [2.05, 4.69) is 10.6 Å². The summed E-state index contributed by atoms with van der Waals surface area (Å²) in [7, 11) is 0. The first kappa shape index (κ1) is 21.7. The van der Waals surface area contributed by atoms with Crippen LogP contribution in [-0.4, -0.2) is 29.9 Å². The molecule has 3 amide bonds. The molecule has 1 aliphatic rings. The second-order valence-corrected chi connectivity index (χ2v) is 7.66. The molecule has 2 aromatic rings. The highest BCUT2D eigenvalue weighted by atomic mass is 19.2. The molecule has 0 spiro atoms. The lowest BCUT2D eigenvalue weighted by Crippen LogP contribution is -2.45. The molecule has 0 aromatic heterocycles. The topological polar surface area (TPSA) is 61.4 Å². The Labute approximate surface area is 175 Å². The quantitative estimate of drug-likeness (QED) is 0.719. The molecular formula is C23H27F2N3O2. The molecule has 1 heterocycles. The minimum atomic E-state index is -0.922. The summed E-state index contributed by atoms with van der Waals surface area (Å²) >= 11 is 0. The number of hydrogen-bond donors (Lipinski definition) is 2. The van der Waals surface area contributed by atoms with Crippen molar-refractivity contribution < 1.29 is 18.4 Å². The van der Waals surface area contributed by atoms with Gasteiger partial charge >= 0.3 is 6.03 Å². The van der Waals surface area contributed by atoms with Gasteiger partial charge in [0.15, 0.2) is 11.6 Å². The van der Waals surface area contributed by atoms with Gasteiger partial charge in [0, 0.05) is 32.6 Å². The molecule has 7 heteroatoms. The van der Waals surface area contributed by atoms with E-state index in [-0.39, 0.29) is 24.4 Å². The van der Waals surface area contributed by atoms with Crippen LogP contribution >= 0.6 is 0 Å². The van der Waals surface area contributed by atoms with Crippen molar-refractivity contribution in [1.29, 1.82) is 0 Å². The highest BCUT2D eigenvalue weighted by Crippen LogP contribution is 2.21. The number of urea groups is 1. The first-order chi connectivity index (χ1) is 14.5. The van der Waals surface area contributed by atoms with Crippen molar-refractivity contribution in [3.63, 3.8) is 0 Å². The zero-order valence-electron chi connectivity index (χ0n) is 16.9. The average Bonchev–Trinajstić information content (AvgIpc) is 2.77. The number of rotatable bonds is 7. The molecule has 0 aliphatic carbocycles. The van der Waals surface area contributed by atoms with Crippen LogP contribution in [0.2, 0.25) is 0 Å². The summed E-state index contributed by atoms with van der Waals surface area (Å²) in [4.78, 5) is 26.4. The standard InChI is InChI=1S/C23H27F2N3O2/c24-20-10-8-19(13-21(20)25)15-26-22(29)11-9-18-7-4-12-28(16-18)23(30)27-14-17-5-2-1-3-6-17/h1-3,5-6,8,10,13,18H,4,7,9,11-12,14-16H2,(H,26,29)(H,27,30). The lowest BCUT2D eigenvalue weighted by atomic mass is 9.93. The summed E-state index contributed by atoms with van der Waals surface area (Å²) in [6.07, 6.45) is 2.93. The smallest absolute Gasteiger partial charge is 0.317 e. The van der Waals surface area contributed by atoms with Crippen molar-refractivity contribution in [2.45, 2.75) is 38.8 Å². The first-order valence-corrected chi connectivity index (χ1v) is 10.3. The highest BCUT2D eigenvalue weighted by molar-refractivity contribution is 5.76. The molecule has 1 aliphatic heterocycles. The van der Waals surface area contributed by atoms with E-state index in [1.54, 1.807) is 0 Å². The Kier molecular flexibility index (Phi) is 7.76. The maximum Gasteiger partial charge on any atom is 0.317 e. The van der Waals surface area contributed by atoms with E-state index in [4.69, 9.17) is 0 Å². The molecule has 30 heavy (non-hydrogen) atoms. The van der Waals surface area contributed by atoms with E-state index < -0.39 is 11.6 Å².